The minimum Gasteiger partial charge on any atom is -0.381 e. The van der Waals surface area contributed by atoms with Gasteiger partial charge in [0.05, 0.1) is 15.2 Å². The van der Waals surface area contributed by atoms with Gasteiger partial charge in [0.2, 0.25) is 0 Å². The van der Waals surface area contributed by atoms with E-state index in [1.165, 1.54) is 5.56 Å². The van der Waals surface area contributed by atoms with Crippen LogP contribution in [-0.4, -0.2) is 29.9 Å². The van der Waals surface area contributed by atoms with Crippen LogP contribution in [0.2, 0.25) is 10.0 Å². The number of hydrogen-bond donors (Lipinski definition) is 2. The van der Waals surface area contributed by atoms with Crippen molar-refractivity contribution in [2.45, 2.75) is 25.2 Å². The number of rotatable bonds is 4. The predicted octanol–water partition coefficient (Wildman–Crippen LogP) is 5.49. The number of benzene rings is 1. The van der Waals surface area contributed by atoms with Crippen molar-refractivity contribution in [1.29, 1.82) is 0 Å². The van der Waals surface area contributed by atoms with E-state index in [-0.39, 0.29) is 5.41 Å². The zero-order valence-corrected chi connectivity index (χ0v) is 18.7. The minimum absolute atomic E-state index is 0.0465. The van der Waals surface area contributed by atoms with Gasteiger partial charge in [-0.25, -0.2) is 4.98 Å². The number of ether oxygens (including phenoxy) is 1. The second-order valence-corrected chi connectivity index (χ2v) is 8.70. The lowest BCUT2D eigenvalue weighted by molar-refractivity contribution is 0.0515. The Hall–Kier alpha value is -0.920. The summed E-state index contributed by atoms with van der Waals surface area (Å²) in [6, 6.07) is 9.85. The van der Waals surface area contributed by atoms with Crippen LogP contribution in [0.1, 0.15) is 24.1 Å². The van der Waals surface area contributed by atoms with Gasteiger partial charge < -0.3 is 15.4 Å². The molecule has 0 amide bonds. The van der Waals surface area contributed by atoms with Crippen LogP contribution in [0.15, 0.2) is 34.8 Å². The van der Waals surface area contributed by atoms with E-state index in [1.807, 2.05) is 25.1 Å². The molecule has 2 aromatic rings. The number of anilines is 1. The van der Waals surface area contributed by atoms with Crippen molar-refractivity contribution in [3.63, 3.8) is 0 Å². The molecule has 1 aromatic carbocycles. The van der Waals surface area contributed by atoms with Crippen LogP contribution in [0, 0.1) is 6.92 Å². The first-order valence-electron chi connectivity index (χ1n) is 8.61. The summed E-state index contributed by atoms with van der Waals surface area (Å²) in [5, 5.41) is 8.36. The SMILES string of the molecule is Cc1nc(NC(=S)NCC2(c3ccc(Cl)cc3)CCOCC2)c(Br)cc1Cl. The summed E-state index contributed by atoms with van der Waals surface area (Å²) in [4.78, 5) is 4.44. The molecule has 1 aliphatic heterocycles. The molecule has 0 unspecified atom stereocenters. The summed E-state index contributed by atoms with van der Waals surface area (Å²) in [7, 11) is 0. The number of aromatic nitrogens is 1. The molecule has 144 valence electrons. The Bertz CT molecular complexity index is 826. The van der Waals surface area contributed by atoms with E-state index in [0.717, 1.165) is 41.2 Å². The maximum atomic E-state index is 6.09. The first kappa shape index (κ1) is 20.8. The smallest absolute Gasteiger partial charge is 0.172 e. The predicted molar refractivity (Wildman–Crippen MR) is 119 cm³/mol. The van der Waals surface area contributed by atoms with Gasteiger partial charge in [-0.15, -0.1) is 0 Å². The second-order valence-electron chi connectivity index (χ2n) is 6.59. The average molecular weight is 489 g/mol. The zero-order chi connectivity index (χ0) is 19.4. The molecule has 0 radical (unpaired) electrons. The van der Waals surface area contributed by atoms with Crippen LogP contribution in [0.5, 0.6) is 0 Å². The van der Waals surface area contributed by atoms with Crippen LogP contribution in [0.25, 0.3) is 0 Å². The summed E-state index contributed by atoms with van der Waals surface area (Å²) in [6.07, 6.45) is 1.85. The highest BCUT2D eigenvalue weighted by molar-refractivity contribution is 9.10. The Morgan fingerprint density at radius 1 is 1.26 bits per heavy atom. The van der Waals surface area contributed by atoms with E-state index in [2.05, 4.69) is 43.7 Å². The Labute approximate surface area is 183 Å². The molecule has 2 heterocycles. The van der Waals surface area contributed by atoms with Gasteiger partial charge in [-0.3, -0.25) is 0 Å². The van der Waals surface area contributed by atoms with Crippen LogP contribution in [-0.2, 0) is 10.2 Å². The molecule has 1 saturated heterocycles. The molecule has 2 N–H and O–H groups in total. The number of pyridine rings is 1. The van der Waals surface area contributed by atoms with Crippen LogP contribution >= 0.6 is 51.3 Å². The topological polar surface area (TPSA) is 46.2 Å². The average Bonchev–Trinajstić information content (AvgIpc) is 2.66. The lowest BCUT2D eigenvalue weighted by Crippen LogP contribution is -2.45. The van der Waals surface area contributed by atoms with Gasteiger partial charge in [-0.2, -0.15) is 0 Å². The van der Waals surface area contributed by atoms with E-state index in [0.29, 0.717) is 22.5 Å². The van der Waals surface area contributed by atoms with Gasteiger partial charge in [0, 0.05) is 30.2 Å². The quantitative estimate of drug-likeness (QED) is 0.557. The fourth-order valence-electron chi connectivity index (χ4n) is 3.18. The third kappa shape index (κ3) is 5.12. The highest BCUT2D eigenvalue weighted by atomic mass is 79.9. The summed E-state index contributed by atoms with van der Waals surface area (Å²) in [5.41, 5.74) is 1.94. The molecule has 4 nitrogen and oxygen atoms in total. The van der Waals surface area contributed by atoms with Gasteiger partial charge in [-0.05, 0) is 71.7 Å². The van der Waals surface area contributed by atoms with Crippen molar-refractivity contribution in [2.75, 3.05) is 25.1 Å². The highest BCUT2D eigenvalue weighted by Crippen LogP contribution is 2.35. The molecule has 0 atom stereocenters. The van der Waals surface area contributed by atoms with Gasteiger partial charge in [0.15, 0.2) is 5.11 Å². The molecular weight excluding hydrogens is 469 g/mol. The second kappa shape index (κ2) is 9.05. The molecule has 0 bridgehead atoms. The van der Waals surface area contributed by atoms with E-state index in [9.17, 15) is 0 Å². The molecule has 3 rings (SSSR count). The van der Waals surface area contributed by atoms with Crippen LogP contribution in [0.4, 0.5) is 5.82 Å². The largest absolute Gasteiger partial charge is 0.381 e. The Balaban J connectivity index is 1.71. The molecular formula is C19H20BrCl2N3OS. The molecule has 0 spiro atoms. The van der Waals surface area contributed by atoms with Crippen molar-refractivity contribution in [3.8, 4) is 0 Å². The monoisotopic (exact) mass is 487 g/mol. The van der Waals surface area contributed by atoms with Crippen molar-refractivity contribution < 1.29 is 4.74 Å². The van der Waals surface area contributed by atoms with Gasteiger partial charge in [0.25, 0.3) is 0 Å². The van der Waals surface area contributed by atoms with E-state index < -0.39 is 0 Å². The van der Waals surface area contributed by atoms with E-state index in [4.69, 9.17) is 40.2 Å². The fourth-order valence-corrected chi connectivity index (χ4v) is 4.18. The molecule has 1 aliphatic rings. The molecule has 27 heavy (non-hydrogen) atoms. The first-order chi connectivity index (χ1) is 12.9. The lowest BCUT2D eigenvalue weighted by Gasteiger charge is -2.38. The van der Waals surface area contributed by atoms with Crippen molar-refractivity contribution in [3.05, 3.63) is 56.1 Å². The standard InChI is InChI=1S/C19H20BrCl2N3OS/c1-12-16(22)10-15(20)17(24-12)25-18(27)23-11-19(6-8-26-9-7-19)13-2-4-14(21)5-3-13/h2-5,10H,6-9,11H2,1H3,(H2,23,24,25,27). The maximum absolute atomic E-state index is 6.09. The lowest BCUT2D eigenvalue weighted by atomic mass is 9.74. The maximum Gasteiger partial charge on any atom is 0.172 e. The summed E-state index contributed by atoms with van der Waals surface area (Å²) < 4.78 is 6.35. The van der Waals surface area contributed by atoms with Crippen molar-refractivity contribution in [1.82, 2.24) is 10.3 Å². The first-order valence-corrected chi connectivity index (χ1v) is 10.6. The number of nitrogens with zero attached hydrogens (tertiary/aromatic N) is 1. The Morgan fingerprint density at radius 3 is 2.59 bits per heavy atom. The summed E-state index contributed by atoms with van der Waals surface area (Å²) >= 11 is 21.1. The Morgan fingerprint density at radius 2 is 1.93 bits per heavy atom. The molecule has 1 aromatic heterocycles. The van der Waals surface area contributed by atoms with Gasteiger partial charge in [0.1, 0.15) is 5.82 Å². The van der Waals surface area contributed by atoms with Crippen LogP contribution < -0.4 is 10.6 Å². The summed E-state index contributed by atoms with van der Waals surface area (Å²) in [5.74, 6) is 0.641. The number of hydrogen-bond acceptors (Lipinski definition) is 3. The summed E-state index contributed by atoms with van der Waals surface area (Å²) in [6.45, 7) is 4.02. The van der Waals surface area contributed by atoms with Gasteiger partial charge in [-0.1, -0.05) is 35.3 Å². The van der Waals surface area contributed by atoms with E-state index >= 15 is 0 Å². The minimum atomic E-state index is -0.0465. The number of nitrogens with one attached hydrogen (secondary N) is 2. The normalized spacial score (nSPS) is 16.0. The zero-order valence-electron chi connectivity index (χ0n) is 14.8. The molecule has 1 fully saturated rings. The van der Waals surface area contributed by atoms with Crippen molar-refractivity contribution >= 4 is 62.3 Å². The third-order valence-electron chi connectivity index (χ3n) is 4.83. The van der Waals surface area contributed by atoms with Crippen LogP contribution in [0.3, 0.4) is 0 Å². The number of thiocarbonyl (C=S) groups is 1. The van der Waals surface area contributed by atoms with E-state index in [1.54, 1.807) is 0 Å². The molecule has 0 aliphatic carbocycles. The third-order valence-corrected chi connectivity index (χ3v) is 6.32. The Kier molecular flexibility index (Phi) is 6.98. The van der Waals surface area contributed by atoms with Crippen molar-refractivity contribution in [2.24, 2.45) is 0 Å². The fraction of sp³-hybridized carbons (Fsp3) is 0.368. The van der Waals surface area contributed by atoms with Gasteiger partial charge >= 0.3 is 0 Å². The molecule has 0 saturated carbocycles. The number of halogens is 3. The number of aryl methyl sites for hydroxylation is 1. The highest BCUT2D eigenvalue weighted by Gasteiger charge is 2.34. The molecule has 8 heteroatoms.